The lowest BCUT2D eigenvalue weighted by Crippen LogP contribution is -2.55. The lowest BCUT2D eigenvalue weighted by Gasteiger charge is -2.34. The molecular formula is C13H18N2O2. The van der Waals surface area contributed by atoms with E-state index in [2.05, 4.69) is 5.43 Å². The molecule has 0 unspecified atom stereocenters. The van der Waals surface area contributed by atoms with Gasteiger partial charge in [-0.1, -0.05) is 18.2 Å². The van der Waals surface area contributed by atoms with Crippen molar-refractivity contribution in [3.63, 3.8) is 0 Å². The van der Waals surface area contributed by atoms with Gasteiger partial charge in [0, 0.05) is 12.5 Å². The normalized spacial score (nSPS) is 10.8. The summed E-state index contributed by atoms with van der Waals surface area (Å²) in [6, 6.07) is 8.81. The van der Waals surface area contributed by atoms with Crippen LogP contribution in [0.15, 0.2) is 30.3 Å². The number of amides is 2. The molecule has 0 radical (unpaired) electrons. The fourth-order valence-corrected chi connectivity index (χ4v) is 1.47. The van der Waals surface area contributed by atoms with Gasteiger partial charge >= 0.3 is 0 Å². The molecule has 0 fully saturated rings. The van der Waals surface area contributed by atoms with Crippen molar-refractivity contribution in [3.05, 3.63) is 35.9 Å². The maximum atomic E-state index is 11.9. The summed E-state index contributed by atoms with van der Waals surface area (Å²) in [6.07, 6.45) is 0. The van der Waals surface area contributed by atoms with E-state index < -0.39 is 5.54 Å². The van der Waals surface area contributed by atoms with E-state index in [1.54, 1.807) is 24.3 Å². The summed E-state index contributed by atoms with van der Waals surface area (Å²) in [5, 5.41) is 1.34. The van der Waals surface area contributed by atoms with Crippen LogP contribution in [0.1, 0.15) is 38.1 Å². The van der Waals surface area contributed by atoms with Gasteiger partial charge in [0.25, 0.3) is 5.91 Å². The Labute approximate surface area is 102 Å². The second-order valence-corrected chi connectivity index (χ2v) is 4.83. The van der Waals surface area contributed by atoms with Gasteiger partial charge in [-0.15, -0.1) is 0 Å². The van der Waals surface area contributed by atoms with E-state index in [0.717, 1.165) is 0 Å². The molecule has 0 aromatic heterocycles. The number of nitrogens with zero attached hydrogens (tertiary/aromatic N) is 1. The Morgan fingerprint density at radius 1 is 1.12 bits per heavy atom. The topological polar surface area (TPSA) is 49.4 Å². The van der Waals surface area contributed by atoms with Gasteiger partial charge < -0.3 is 0 Å². The molecule has 92 valence electrons. The van der Waals surface area contributed by atoms with E-state index in [0.29, 0.717) is 5.56 Å². The van der Waals surface area contributed by atoms with Crippen molar-refractivity contribution in [1.82, 2.24) is 10.4 Å². The smallest absolute Gasteiger partial charge is 0.269 e. The van der Waals surface area contributed by atoms with Crippen LogP contribution in [0.2, 0.25) is 0 Å². The SMILES string of the molecule is CC(=O)N(NC(=O)c1ccccc1)C(C)(C)C. The van der Waals surface area contributed by atoms with Crippen LogP contribution in [0.25, 0.3) is 0 Å². The summed E-state index contributed by atoms with van der Waals surface area (Å²) in [4.78, 5) is 23.4. The number of hydrazine groups is 1. The van der Waals surface area contributed by atoms with Crippen LogP contribution in [0.3, 0.4) is 0 Å². The van der Waals surface area contributed by atoms with Crippen molar-refractivity contribution < 1.29 is 9.59 Å². The van der Waals surface area contributed by atoms with Crippen LogP contribution in [0.5, 0.6) is 0 Å². The van der Waals surface area contributed by atoms with Crippen molar-refractivity contribution in [2.75, 3.05) is 0 Å². The number of carbonyl (C=O) groups is 2. The second-order valence-electron chi connectivity index (χ2n) is 4.83. The minimum Gasteiger partial charge on any atom is -0.273 e. The number of rotatable bonds is 1. The maximum absolute atomic E-state index is 11.9. The third-order valence-electron chi connectivity index (χ3n) is 2.24. The molecule has 0 atom stereocenters. The molecule has 0 saturated carbocycles. The molecule has 0 aliphatic heterocycles. The molecule has 0 spiro atoms. The molecule has 0 heterocycles. The fraction of sp³-hybridized carbons (Fsp3) is 0.385. The zero-order chi connectivity index (χ0) is 13.1. The first-order valence-corrected chi connectivity index (χ1v) is 5.49. The van der Waals surface area contributed by atoms with E-state index in [1.807, 2.05) is 26.8 Å². The highest BCUT2D eigenvalue weighted by Gasteiger charge is 2.25. The average molecular weight is 234 g/mol. The molecule has 1 N–H and O–H groups in total. The number of benzene rings is 1. The predicted octanol–water partition coefficient (Wildman–Crippen LogP) is 1.98. The van der Waals surface area contributed by atoms with Crippen LogP contribution in [0, 0.1) is 0 Å². The van der Waals surface area contributed by atoms with Gasteiger partial charge in [-0.2, -0.15) is 0 Å². The van der Waals surface area contributed by atoms with Crippen LogP contribution in [0.4, 0.5) is 0 Å². The Kier molecular flexibility index (Phi) is 3.89. The maximum Gasteiger partial charge on any atom is 0.269 e. The zero-order valence-electron chi connectivity index (χ0n) is 10.7. The second kappa shape index (κ2) is 4.99. The summed E-state index contributed by atoms with van der Waals surface area (Å²) in [6.45, 7) is 7.01. The van der Waals surface area contributed by atoms with E-state index in [4.69, 9.17) is 0 Å². The van der Waals surface area contributed by atoms with Gasteiger partial charge in [-0.25, -0.2) is 5.01 Å². The minimum absolute atomic E-state index is 0.193. The average Bonchev–Trinajstić information content (AvgIpc) is 2.24. The molecule has 0 bridgehead atoms. The first-order chi connectivity index (χ1) is 7.82. The predicted molar refractivity (Wildman–Crippen MR) is 66.2 cm³/mol. The Hall–Kier alpha value is -1.84. The molecule has 2 amide bonds. The number of hydrogen-bond donors (Lipinski definition) is 1. The highest BCUT2D eigenvalue weighted by molar-refractivity contribution is 5.95. The summed E-state index contributed by atoms with van der Waals surface area (Å²) < 4.78 is 0. The summed E-state index contributed by atoms with van der Waals surface area (Å²) >= 11 is 0. The van der Waals surface area contributed by atoms with Crippen LogP contribution < -0.4 is 5.43 Å². The van der Waals surface area contributed by atoms with Crippen LogP contribution in [-0.2, 0) is 4.79 Å². The highest BCUT2D eigenvalue weighted by Crippen LogP contribution is 2.11. The molecule has 1 aromatic rings. The van der Waals surface area contributed by atoms with Gasteiger partial charge in [0.15, 0.2) is 0 Å². The Bertz CT molecular complexity index is 407. The number of nitrogens with one attached hydrogen (secondary N) is 1. The first kappa shape index (κ1) is 13.2. The minimum atomic E-state index is -0.448. The van der Waals surface area contributed by atoms with Gasteiger partial charge in [0.2, 0.25) is 5.91 Å². The Balaban J connectivity index is 2.83. The summed E-state index contributed by atoms with van der Waals surface area (Å²) in [5.41, 5.74) is 2.70. The van der Waals surface area contributed by atoms with E-state index in [1.165, 1.54) is 11.9 Å². The molecule has 0 saturated heterocycles. The van der Waals surface area contributed by atoms with Crippen molar-refractivity contribution in [3.8, 4) is 0 Å². The molecule has 17 heavy (non-hydrogen) atoms. The monoisotopic (exact) mass is 234 g/mol. The quantitative estimate of drug-likeness (QED) is 0.755. The zero-order valence-corrected chi connectivity index (χ0v) is 10.7. The summed E-state index contributed by atoms with van der Waals surface area (Å²) in [5.74, 6) is -0.475. The standard InChI is InChI=1S/C13H18N2O2/c1-10(16)15(13(2,3)4)14-12(17)11-8-6-5-7-9-11/h5-9H,1-4H3,(H,14,17). The van der Waals surface area contributed by atoms with Crippen molar-refractivity contribution in [1.29, 1.82) is 0 Å². The van der Waals surface area contributed by atoms with Crippen LogP contribution in [-0.4, -0.2) is 22.4 Å². The lowest BCUT2D eigenvalue weighted by molar-refractivity contribution is -0.136. The van der Waals surface area contributed by atoms with Crippen LogP contribution >= 0.6 is 0 Å². The summed E-state index contributed by atoms with van der Waals surface area (Å²) in [7, 11) is 0. The first-order valence-electron chi connectivity index (χ1n) is 5.49. The third kappa shape index (κ3) is 3.59. The van der Waals surface area contributed by atoms with E-state index >= 15 is 0 Å². The fourth-order valence-electron chi connectivity index (χ4n) is 1.47. The molecule has 4 nitrogen and oxygen atoms in total. The van der Waals surface area contributed by atoms with Gasteiger partial charge in [-0.05, 0) is 32.9 Å². The van der Waals surface area contributed by atoms with E-state index in [9.17, 15) is 9.59 Å². The molecular weight excluding hydrogens is 216 g/mol. The third-order valence-corrected chi connectivity index (χ3v) is 2.24. The lowest BCUT2D eigenvalue weighted by atomic mass is 10.1. The molecule has 1 aromatic carbocycles. The van der Waals surface area contributed by atoms with E-state index in [-0.39, 0.29) is 11.8 Å². The van der Waals surface area contributed by atoms with Crippen molar-refractivity contribution in [2.24, 2.45) is 0 Å². The molecule has 0 aliphatic carbocycles. The Morgan fingerprint density at radius 2 is 1.65 bits per heavy atom. The number of hydrogen-bond acceptors (Lipinski definition) is 2. The van der Waals surface area contributed by atoms with Crippen molar-refractivity contribution >= 4 is 11.8 Å². The van der Waals surface area contributed by atoms with Gasteiger partial charge in [0.1, 0.15) is 0 Å². The van der Waals surface area contributed by atoms with Crippen molar-refractivity contribution in [2.45, 2.75) is 33.2 Å². The highest BCUT2D eigenvalue weighted by atomic mass is 16.2. The molecule has 0 aliphatic rings. The largest absolute Gasteiger partial charge is 0.273 e. The van der Waals surface area contributed by atoms with Gasteiger partial charge in [-0.3, -0.25) is 15.0 Å². The Morgan fingerprint density at radius 3 is 2.06 bits per heavy atom. The van der Waals surface area contributed by atoms with Gasteiger partial charge in [0.05, 0.1) is 5.54 Å². The molecule has 1 rings (SSSR count). The molecule has 4 heteroatoms. The number of carbonyl (C=O) groups excluding carboxylic acids is 2.